The van der Waals surface area contributed by atoms with E-state index in [1.165, 1.54) is 108 Å². The maximum atomic E-state index is 12.3. The molecule has 3 rings (SSSR count). The standard InChI is InChI=1S/C27H41F3O/c1-2-3-4-5-6-7-8-21-9-11-22(12-10-21)23-13-15-24(16-14-23)25-17-19-26(20-18-25)31-27(28,29)30/h17-24H,2-16H2,1H3/t21-,22-,23-,24-. The Bertz CT molecular complexity index is 608. The molecule has 0 spiro atoms. The van der Waals surface area contributed by atoms with E-state index in [4.69, 9.17) is 0 Å². The van der Waals surface area contributed by atoms with Crippen molar-refractivity contribution in [1.29, 1.82) is 0 Å². The highest BCUT2D eigenvalue weighted by molar-refractivity contribution is 5.29. The molecule has 0 radical (unpaired) electrons. The number of halogens is 3. The zero-order valence-electron chi connectivity index (χ0n) is 19.3. The molecule has 176 valence electrons. The van der Waals surface area contributed by atoms with Gasteiger partial charge in [-0.05, 0) is 79.9 Å². The number of alkyl halides is 3. The highest BCUT2D eigenvalue weighted by Crippen LogP contribution is 2.44. The summed E-state index contributed by atoms with van der Waals surface area (Å²) in [6.07, 6.45) is 15.8. The van der Waals surface area contributed by atoms with E-state index in [1.807, 2.05) is 12.1 Å². The Hall–Kier alpha value is -1.19. The lowest BCUT2D eigenvalue weighted by Gasteiger charge is -2.38. The molecule has 0 N–H and O–H groups in total. The van der Waals surface area contributed by atoms with Gasteiger partial charge in [-0.2, -0.15) is 0 Å². The summed E-state index contributed by atoms with van der Waals surface area (Å²) in [7, 11) is 0. The van der Waals surface area contributed by atoms with Crippen LogP contribution in [-0.2, 0) is 0 Å². The summed E-state index contributed by atoms with van der Waals surface area (Å²) in [6, 6.07) is 6.55. The van der Waals surface area contributed by atoms with E-state index in [9.17, 15) is 13.2 Å². The number of benzene rings is 1. The maximum absolute atomic E-state index is 12.3. The molecule has 0 bridgehead atoms. The number of hydrogen-bond acceptors (Lipinski definition) is 1. The van der Waals surface area contributed by atoms with Gasteiger partial charge in [-0.3, -0.25) is 0 Å². The fraction of sp³-hybridized carbons (Fsp3) is 0.778. The summed E-state index contributed by atoms with van der Waals surface area (Å²) < 4.78 is 41.0. The zero-order chi connectivity index (χ0) is 22.1. The third-order valence-electron chi connectivity index (χ3n) is 7.88. The number of rotatable bonds is 10. The van der Waals surface area contributed by atoms with Crippen LogP contribution in [0.15, 0.2) is 24.3 Å². The molecule has 1 aromatic carbocycles. The molecule has 2 fully saturated rings. The van der Waals surface area contributed by atoms with Crippen molar-refractivity contribution in [1.82, 2.24) is 0 Å². The van der Waals surface area contributed by atoms with E-state index in [0.29, 0.717) is 5.92 Å². The summed E-state index contributed by atoms with van der Waals surface area (Å²) in [6.45, 7) is 2.28. The molecule has 2 saturated carbocycles. The van der Waals surface area contributed by atoms with Gasteiger partial charge in [0, 0.05) is 0 Å². The molecule has 0 saturated heterocycles. The van der Waals surface area contributed by atoms with E-state index < -0.39 is 6.36 Å². The normalized spacial score (nSPS) is 27.2. The highest BCUT2D eigenvalue weighted by atomic mass is 19.4. The van der Waals surface area contributed by atoms with Gasteiger partial charge in [0.1, 0.15) is 5.75 Å². The molecular weight excluding hydrogens is 397 g/mol. The van der Waals surface area contributed by atoms with Gasteiger partial charge < -0.3 is 4.74 Å². The second-order valence-electron chi connectivity index (χ2n) is 10.1. The van der Waals surface area contributed by atoms with Crippen LogP contribution in [0.4, 0.5) is 13.2 Å². The van der Waals surface area contributed by atoms with Gasteiger partial charge in [0.25, 0.3) is 0 Å². The van der Waals surface area contributed by atoms with E-state index in [2.05, 4.69) is 11.7 Å². The third kappa shape index (κ3) is 8.35. The first-order valence-electron chi connectivity index (χ1n) is 12.8. The van der Waals surface area contributed by atoms with Gasteiger partial charge in [-0.15, -0.1) is 13.2 Å². The molecule has 1 aromatic rings. The lowest BCUT2D eigenvalue weighted by molar-refractivity contribution is -0.274. The number of hydrogen-bond donors (Lipinski definition) is 0. The second-order valence-corrected chi connectivity index (χ2v) is 10.1. The van der Waals surface area contributed by atoms with E-state index in [1.54, 1.807) is 0 Å². The molecule has 0 unspecified atom stereocenters. The van der Waals surface area contributed by atoms with Crippen molar-refractivity contribution in [3.8, 4) is 5.75 Å². The Morgan fingerprint density at radius 3 is 1.87 bits per heavy atom. The topological polar surface area (TPSA) is 9.23 Å². The van der Waals surface area contributed by atoms with Crippen molar-refractivity contribution in [3.05, 3.63) is 29.8 Å². The average Bonchev–Trinajstić information content (AvgIpc) is 2.76. The largest absolute Gasteiger partial charge is 0.573 e. The van der Waals surface area contributed by atoms with Gasteiger partial charge in [-0.1, -0.05) is 76.8 Å². The van der Waals surface area contributed by atoms with Crippen molar-refractivity contribution in [3.63, 3.8) is 0 Å². The van der Waals surface area contributed by atoms with Crippen LogP contribution in [0.25, 0.3) is 0 Å². The zero-order valence-corrected chi connectivity index (χ0v) is 19.3. The van der Waals surface area contributed by atoms with Crippen LogP contribution in [0.1, 0.15) is 115 Å². The molecule has 1 nitrogen and oxygen atoms in total. The minimum Gasteiger partial charge on any atom is -0.406 e. The van der Waals surface area contributed by atoms with Crippen LogP contribution in [0.3, 0.4) is 0 Å². The summed E-state index contributed by atoms with van der Waals surface area (Å²) in [4.78, 5) is 0. The molecule has 4 heteroatoms. The smallest absolute Gasteiger partial charge is 0.406 e. The van der Waals surface area contributed by atoms with Crippen molar-refractivity contribution < 1.29 is 17.9 Å². The summed E-state index contributed by atoms with van der Waals surface area (Å²) in [5.74, 6) is 3.10. The highest BCUT2D eigenvalue weighted by Gasteiger charge is 2.32. The molecule has 0 heterocycles. The van der Waals surface area contributed by atoms with Gasteiger partial charge in [-0.25, -0.2) is 0 Å². The molecule has 2 aliphatic carbocycles. The van der Waals surface area contributed by atoms with Gasteiger partial charge in [0.15, 0.2) is 0 Å². The monoisotopic (exact) mass is 438 g/mol. The maximum Gasteiger partial charge on any atom is 0.573 e. The lowest BCUT2D eigenvalue weighted by Crippen LogP contribution is -2.25. The van der Waals surface area contributed by atoms with E-state index >= 15 is 0 Å². The summed E-state index contributed by atoms with van der Waals surface area (Å²) in [5.41, 5.74) is 1.16. The van der Waals surface area contributed by atoms with Crippen molar-refractivity contribution >= 4 is 0 Å². The lowest BCUT2D eigenvalue weighted by atomic mass is 9.68. The van der Waals surface area contributed by atoms with Gasteiger partial charge in [0.2, 0.25) is 0 Å². The van der Waals surface area contributed by atoms with Gasteiger partial charge in [0.05, 0.1) is 0 Å². The minimum atomic E-state index is -4.62. The molecular formula is C27H41F3O. The average molecular weight is 439 g/mol. The predicted molar refractivity (Wildman–Crippen MR) is 121 cm³/mol. The Labute approximate surface area is 187 Å². The van der Waals surface area contributed by atoms with E-state index in [-0.39, 0.29) is 5.75 Å². The SMILES string of the molecule is CCCCCCCC[C@H]1CC[C@H]([C@H]2CC[C@H](c3ccc(OC(F)(F)F)cc3)CC2)CC1. The first-order chi connectivity index (χ1) is 14.9. The molecule has 31 heavy (non-hydrogen) atoms. The van der Waals surface area contributed by atoms with Crippen molar-refractivity contribution in [2.45, 2.75) is 116 Å². The third-order valence-corrected chi connectivity index (χ3v) is 7.88. The Morgan fingerprint density at radius 2 is 1.29 bits per heavy atom. The fourth-order valence-electron chi connectivity index (χ4n) is 6.03. The molecule has 0 atom stereocenters. The van der Waals surface area contributed by atoms with Crippen LogP contribution in [-0.4, -0.2) is 6.36 Å². The first kappa shape index (κ1) is 24.5. The predicted octanol–water partition coefficient (Wildman–Crippen LogP) is 9.42. The van der Waals surface area contributed by atoms with Crippen LogP contribution >= 0.6 is 0 Å². The van der Waals surface area contributed by atoms with Crippen LogP contribution < -0.4 is 4.74 Å². The number of unbranched alkanes of at least 4 members (excludes halogenated alkanes) is 5. The van der Waals surface area contributed by atoms with Crippen molar-refractivity contribution in [2.75, 3.05) is 0 Å². The van der Waals surface area contributed by atoms with E-state index in [0.717, 1.165) is 23.3 Å². The second kappa shape index (κ2) is 12.2. The van der Waals surface area contributed by atoms with Crippen LogP contribution in [0.2, 0.25) is 0 Å². The summed E-state index contributed by atoms with van der Waals surface area (Å²) in [5, 5.41) is 0. The Morgan fingerprint density at radius 1 is 0.742 bits per heavy atom. The van der Waals surface area contributed by atoms with Crippen molar-refractivity contribution in [2.24, 2.45) is 17.8 Å². The Balaban J connectivity index is 1.33. The quantitative estimate of drug-likeness (QED) is 0.331. The molecule has 0 aliphatic heterocycles. The summed E-state index contributed by atoms with van der Waals surface area (Å²) >= 11 is 0. The number of ether oxygens (including phenoxy) is 1. The van der Waals surface area contributed by atoms with Crippen LogP contribution in [0, 0.1) is 17.8 Å². The molecule has 0 amide bonds. The van der Waals surface area contributed by atoms with Crippen LogP contribution in [0.5, 0.6) is 5.75 Å². The first-order valence-corrected chi connectivity index (χ1v) is 12.8. The minimum absolute atomic E-state index is 0.123. The fourth-order valence-corrected chi connectivity index (χ4v) is 6.03. The van der Waals surface area contributed by atoms with Gasteiger partial charge >= 0.3 is 6.36 Å². The molecule has 2 aliphatic rings. The Kier molecular flexibility index (Phi) is 9.59. The molecule has 0 aromatic heterocycles.